The summed E-state index contributed by atoms with van der Waals surface area (Å²) in [6, 6.07) is 0. The SMILES string of the molecule is CCNC(=O)C(C)SCC. The van der Waals surface area contributed by atoms with Gasteiger partial charge in [-0.2, -0.15) is 0 Å². The quantitative estimate of drug-likeness (QED) is 0.672. The minimum Gasteiger partial charge on any atom is -0.355 e. The summed E-state index contributed by atoms with van der Waals surface area (Å²) in [6.07, 6.45) is 0. The summed E-state index contributed by atoms with van der Waals surface area (Å²) in [5, 5.41) is 2.87. The van der Waals surface area contributed by atoms with E-state index in [1.54, 1.807) is 11.8 Å². The Bertz CT molecular complexity index is 106. The Morgan fingerprint density at radius 3 is 2.60 bits per heavy atom. The first kappa shape index (κ1) is 9.82. The van der Waals surface area contributed by atoms with Gasteiger partial charge in [0.05, 0.1) is 5.25 Å². The maximum atomic E-state index is 11.0. The van der Waals surface area contributed by atoms with Gasteiger partial charge in [0.25, 0.3) is 0 Å². The maximum Gasteiger partial charge on any atom is 0.232 e. The lowest BCUT2D eigenvalue weighted by atomic mass is 10.4. The van der Waals surface area contributed by atoms with Gasteiger partial charge in [0.2, 0.25) is 5.91 Å². The zero-order chi connectivity index (χ0) is 7.98. The van der Waals surface area contributed by atoms with Crippen LogP contribution in [0.15, 0.2) is 0 Å². The van der Waals surface area contributed by atoms with Crippen LogP contribution in [0.2, 0.25) is 0 Å². The average molecular weight is 161 g/mol. The van der Waals surface area contributed by atoms with Crippen LogP contribution >= 0.6 is 11.8 Å². The normalized spacial score (nSPS) is 12.7. The van der Waals surface area contributed by atoms with Gasteiger partial charge in [-0.3, -0.25) is 4.79 Å². The first-order chi connectivity index (χ1) is 4.72. The summed E-state index contributed by atoms with van der Waals surface area (Å²) < 4.78 is 0. The van der Waals surface area contributed by atoms with E-state index in [4.69, 9.17) is 0 Å². The van der Waals surface area contributed by atoms with Gasteiger partial charge in [0.1, 0.15) is 0 Å². The molecular formula is C7H15NOS. The minimum atomic E-state index is 0.102. The average Bonchev–Trinajstić information content (AvgIpc) is 1.89. The molecule has 1 N–H and O–H groups in total. The van der Waals surface area contributed by atoms with Crippen molar-refractivity contribution in [3.05, 3.63) is 0 Å². The molecule has 1 amide bonds. The highest BCUT2D eigenvalue weighted by Crippen LogP contribution is 2.08. The van der Waals surface area contributed by atoms with Crippen LogP contribution in [-0.2, 0) is 4.79 Å². The van der Waals surface area contributed by atoms with Crippen molar-refractivity contribution in [2.24, 2.45) is 0 Å². The predicted molar refractivity (Wildman–Crippen MR) is 46.3 cm³/mol. The zero-order valence-corrected chi connectivity index (χ0v) is 7.62. The van der Waals surface area contributed by atoms with Crippen LogP contribution in [0.1, 0.15) is 20.8 Å². The second-order valence-corrected chi connectivity index (χ2v) is 3.61. The molecule has 0 fully saturated rings. The van der Waals surface area contributed by atoms with E-state index < -0.39 is 0 Å². The molecule has 0 heterocycles. The van der Waals surface area contributed by atoms with Crippen LogP contribution in [0, 0.1) is 0 Å². The van der Waals surface area contributed by atoms with Gasteiger partial charge < -0.3 is 5.32 Å². The number of thioether (sulfide) groups is 1. The second kappa shape index (κ2) is 5.59. The fraction of sp³-hybridized carbons (Fsp3) is 0.857. The van der Waals surface area contributed by atoms with E-state index in [0.29, 0.717) is 0 Å². The molecule has 0 saturated heterocycles. The fourth-order valence-electron chi connectivity index (χ4n) is 0.644. The lowest BCUT2D eigenvalue weighted by molar-refractivity contribution is -0.120. The van der Waals surface area contributed by atoms with Gasteiger partial charge in [-0.05, 0) is 19.6 Å². The van der Waals surface area contributed by atoms with Crippen molar-refractivity contribution >= 4 is 17.7 Å². The zero-order valence-electron chi connectivity index (χ0n) is 6.81. The minimum absolute atomic E-state index is 0.102. The topological polar surface area (TPSA) is 29.1 Å². The van der Waals surface area contributed by atoms with Crippen LogP contribution in [0.4, 0.5) is 0 Å². The van der Waals surface area contributed by atoms with E-state index in [2.05, 4.69) is 12.2 Å². The highest BCUT2D eigenvalue weighted by Gasteiger charge is 2.09. The largest absolute Gasteiger partial charge is 0.355 e. The molecule has 0 spiro atoms. The van der Waals surface area contributed by atoms with Crippen molar-refractivity contribution in [2.75, 3.05) is 12.3 Å². The number of rotatable bonds is 4. The molecule has 60 valence electrons. The maximum absolute atomic E-state index is 11.0. The predicted octanol–water partition coefficient (Wildman–Crippen LogP) is 1.26. The summed E-state index contributed by atoms with van der Waals surface area (Å²) in [4.78, 5) is 11.0. The van der Waals surface area contributed by atoms with Crippen molar-refractivity contribution in [1.82, 2.24) is 5.32 Å². The molecule has 2 nitrogen and oxygen atoms in total. The van der Waals surface area contributed by atoms with Crippen molar-refractivity contribution in [1.29, 1.82) is 0 Å². The molecule has 0 saturated carbocycles. The Morgan fingerprint density at radius 2 is 2.20 bits per heavy atom. The second-order valence-electron chi connectivity index (χ2n) is 1.99. The smallest absolute Gasteiger partial charge is 0.232 e. The third-order valence-electron chi connectivity index (χ3n) is 1.14. The Morgan fingerprint density at radius 1 is 1.60 bits per heavy atom. The van der Waals surface area contributed by atoms with E-state index in [0.717, 1.165) is 12.3 Å². The van der Waals surface area contributed by atoms with Crippen LogP contribution in [-0.4, -0.2) is 23.5 Å². The van der Waals surface area contributed by atoms with E-state index in [1.807, 2.05) is 13.8 Å². The molecule has 0 radical (unpaired) electrons. The molecular weight excluding hydrogens is 146 g/mol. The summed E-state index contributed by atoms with van der Waals surface area (Å²) in [7, 11) is 0. The highest BCUT2D eigenvalue weighted by atomic mass is 32.2. The lowest BCUT2D eigenvalue weighted by Crippen LogP contribution is -2.30. The summed E-state index contributed by atoms with van der Waals surface area (Å²) in [6.45, 7) is 6.65. The van der Waals surface area contributed by atoms with Gasteiger partial charge >= 0.3 is 0 Å². The monoisotopic (exact) mass is 161 g/mol. The van der Waals surface area contributed by atoms with Gasteiger partial charge in [-0.1, -0.05) is 6.92 Å². The number of hydrogen-bond acceptors (Lipinski definition) is 2. The molecule has 1 atom stereocenters. The fourth-order valence-corrected chi connectivity index (χ4v) is 1.38. The first-order valence-electron chi connectivity index (χ1n) is 3.61. The Hall–Kier alpha value is -0.180. The van der Waals surface area contributed by atoms with E-state index in [9.17, 15) is 4.79 Å². The van der Waals surface area contributed by atoms with Gasteiger partial charge in [-0.15, -0.1) is 11.8 Å². The van der Waals surface area contributed by atoms with Gasteiger partial charge in [0.15, 0.2) is 0 Å². The van der Waals surface area contributed by atoms with Crippen molar-refractivity contribution in [3.8, 4) is 0 Å². The number of nitrogens with one attached hydrogen (secondary N) is 1. The van der Waals surface area contributed by atoms with Crippen molar-refractivity contribution in [2.45, 2.75) is 26.0 Å². The van der Waals surface area contributed by atoms with E-state index in [1.165, 1.54) is 0 Å². The molecule has 0 aromatic rings. The number of hydrogen-bond donors (Lipinski definition) is 1. The van der Waals surface area contributed by atoms with Gasteiger partial charge in [-0.25, -0.2) is 0 Å². The molecule has 1 unspecified atom stereocenters. The molecule has 0 bridgehead atoms. The Labute approximate surface area is 66.8 Å². The standard InChI is InChI=1S/C7H15NOS/c1-4-8-7(9)6(3)10-5-2/h6H,4-5H2,1-3H3,(H,8,9). The molecule has 0 aromatic heterocycles. The molecule has 10 heavy (non-hydrogen) atoms. The summed E-state index contributed by atoms with van der Waals surface area (Å²) in [5.41, 5.74) is 0. The number of carbonyl (C=O) groups is 1. The third kappa shape index (κ3) is 3.77. The van der Waals surface area contributed by atoms with Crippen LogP contribution in [0.5, 0.6) is 0 Å². The van der Waals surface area contributed by atoms with Crippen LogP contribution in [0.3, 0.4) is 0 Å². The van der Waals surface area contributed by atoms with Crippen LogP contribution in [0.25, 0.3) is 0 Å². The third-order valence-corrected chi connectivity index (χ3v) is 2.18. The number of carbonyl (C=O) groups excluding carboxylic acids is 1. The van der Waals surface area contributed by atoms with Gasteiger partial charge in [0, 0.05) is 6.54 Å². The number of amides is 1. The Kier molecular flexibility index (Phi) is 5.49. The Balaban J connectivity index is 3.49. The molecule has 0 aliphatic rings. The summed E-state index contributed by atoms with van der Waals surface area (Å²) >= 11 is 1.67. The molecule has 0 aliphatic carbocycles. The van der Waals surface area contributed by atoms with Crippen molar-refractivity contribution in [3.63, 3.8) is 0 Å². The summed E-state index contributed by atoms with van der Waals surface area (Å²) in [5.74, 6) is 1.15. The van der Waals surface area contributed by atoms with E-state index in [-0.39, 0.29) is 11.2 Å². The van der Waals surface area contributed by atoms with E-state index >= 15 is 0 Å². The highest BCUT2D eigenvalue weighted by molar-refractivity contribution is 8.00. The van der Waals surface area contributed by atoms with Crippen LogP contribution < -0.4 is 5.32 Å². The first-order valence-corrected chi connectivity index (χ1v) is 4.66. The van der Waals surface area contributed by atoms with Crippen molar-refractivity contribution < 1.29 is 4.79 Å². The molecule has 0 aliphatic heterocycles. The molecule has 0 aromatic carbocycles. The lowest BCUT2D eigenvalue weighted by Gasteiger charge is -2.08. The molecule has 0 rings (SSSR count). The molecule has 3 heteroatoms.